The van der Waals surface area contributed by atoms with E-state index in [0.717, 1.165) is 5.56 Å². The molecule has 3 rings (SSSR count). The first-order valence-corrected chi connectivity index (χ1v) is 14.4. The number of esters is 2. The number of ketones is 1. The molecule has 0 bridgehead atoms. The molecule has 9 nitrogen and oxygen atoms in total. The lowest BCUT2D eigenvalue weighted by molar-refractivity contribution is 0.0316. The number of aryl methyl sites for hydroxylation is 2. The third kappa shape index (κ3) is 6.62. The summed E-state index contributed by atoms with van der Waals surface area (Å²) in [6.45, 7) is 14.4. The highest BCUT2D eigenvalue weighted by Gasteiger charge is 2.28. The Morgan fingerprint density at radius 2 is 1.60 bits per heavy atom. The van der Waals surface area contributed by atoms with Crippen LogP contribution in [0, 0.1) is 20.8 Å². The third-order valence-corrected chi connectivity index (χ3v) is 8.06. The number of hydrogen-bond acceptors (Lipinski definition) is 7. The zero-order chi connectivity index (χ0) is 30.0. The minimum atomic E-state index is -3.88. The molecule has 1 heterocycles. The van der Waals surface area contributed by atoms with Crippen molar-refractivity contribution in [3.8, 4) is 0 Å². The lowest BCUT2D eigenvalue weighted by Gasteiger charge is -2.21. The van der Waals surface area contributed by atoms with E-state index in [4.69, 9.17) is 9.47 Å². The maximum Gasteiger partial charge on any atom is 0.340 e. The molecule has 0 fully saturated rings. The van der Waals surface area contributed by atoms with Crippen LogP contribution >= 0.6 is 0 Å². The van der Waals surface area contributed by atoms with Gasteiger partial charge in [-0.1, -0.05) is 32.9 Å². The van der Waals surface area contributed by atoms with Gasteiger partial charge in [0, 0.05) is 11.4 Å². The van der Waals surface area contributed by atoms with Gasteiger partial charge in [0.25, 0.3) is 10.0 Å². The number of sulfonamides is 1. The Morgan fingerprint density at radius 1 is 0.975 bits per heavy atom. The predicted octanol–water partition coefficient (Wildman–Crippen LogP) is 5.64. The van der Waals surface area contributed by atoms with E-state index in [9.17, 15) is 22.8 Å². The number of Topliss-reactive ketones (excluding diaryl/α,β-unsaturated/α-hetero) is 1. The molecule has 2 aromatic carbocycles. The van der Waals surface area contributed by atoms with Crippen LogP contribution in [0.1, 0.15) is 88.2 Å². The van der Waals surface area contributed by atoms with E-state index >= 15 is 0 Å². The lowest BCUT2D eigenvalue weighted by atomic mass is 9.87. The Balaban J connectivity index is 1.73. The van der Waals surface area contributed by atoms with Crippen LogP contribution in [0.2, 0.25) is 0 Å². The second-order valence-corrected chi connectivity index (χ2v) is 12.3. The fraction of sp³-hybridized carbons (Fsp3) is 0.367. The summed E-state index contributed by atoms with van der Waals surface area (Å²) >= 11 is 0. The van der Waals surface area contributed by atoms with Crippen molar-refractivity contribution in [1.29, 1.82) is 0 Å². The first-order chi connectivity index (χ1) is 18.6. The van der Waals surface area contributed by atoms with Crippen molar-refractivity contribution in [2.75, 3.05) is 11.3 Å². The van der Waals surface area contributed by atoms with Crippen molar-refractivity contribution < 1.29 is 32.3 Å². The van der Waals surface area contributed by atoms with E-state index < -0.39 is 33.8 Å². The monoisotopic (exact) mass is 568 g/mol. The van der Waals surface area contributed by atoms with Crippen LogP contribution in [0.3, 0.4) is 0 Å². The molecular formula is C30H36N2O7S. The summed E-state index contributed by atoms with van der Waals surface area (Å²) in [6.07, 6.45) is -1.14. The van der Waals surface area contributed by atoms with Gasteiger partial charge in [0.05, 0.1) is 28.3 Å². The number of aromatic nitrogens is 1. The Labute approximate surface area is 235 Å². The van der Waals surface area contributed by atoms with Crippen LogP contribution in [-0.2, 0) is 24.9 Å². The standard InChI is InChI=1S/C30H36N2O7S/c1-9-38-29(35)25-18(3)26(31-19(25)4)27(33)20(5)39-28(34)21-11-14-23(15-12-21)32-40(36,37)24-16-22(30(6,7)8)13-10-17(24)2/h10-16,20,31-32H,9H2,1-8H3. The number of benzene rings is 2. The molecule has 0 radical (unpaired) electrons. The fourth-order valence-corrected chi connectivity index (χ4v) is 5.56. The van der Waals surface area contributed by atoms with E-state index in [1.807, 2.05) is 26.8 Å². The Hall–Kier alpha value is -3.92. The normalized spacial score (nSPS) is 12.5. The van der Waals surface area contributed by atoms with E-state index in [1.54, 1.807) is 39.8 Å². The second-order valence-electron chi connectivity index (χ2n) is 10.7. The van der Waals surface area contributed by atoms with E-state index in [-0.39, 0.29) is 39.4 Å². The van der Waals surface area contributed by atoms with Crippen molar-refractivity contribution in [1.82, 2.24) is 4.98 Å². The van der Waals surface area contributed by atoms with Crippen LogP contribution in [-0.4, -0.2) is 43.8 Å². The molecule has 1 unspecified atom stereocenters. The first-order valence-electron chi connectivity index (χ1n) is 12.9. The number of ether oxygens (including phenoxy) is 2. The topological polar surface area (TPSA) is 132 Å². The zero-order valence-electron chi connectivity index (χ0n) is 24.1. The van der Waals surface area contributed by atoms with Gasteiger partial charge >= 0.3 is 11.9 Å². The molecule has 214 valence electrons. The third-order valence-electron chi connectivity index (χ3n) is 6.53. The van der Waals surface area contributed by atoms with Gasteiger partial charge in [-0.05, 0) is 87.1 Å². The minimum absolute atomic E-state index is 0.139. The summed E-state index contributed by atoms with van der Waals surface area (Å²) in [5, 5.41) is 0. The van der Waals surface area contributed by atoms with Gasteiger partial charge in [0.15, 0.2) is 6.10 Å². The average molecular weight is 569 g/mol. The molecule has 10 heteroatoms. The Kier molecular flexibility index (Phi) is 8.94. The van der Waals surface area contributed by atoms with Gasteiger partial charge < -0.3 is 14.5 Å². The maximum absolute atomic E-state index is 13.1. The number of rotatable bonds is 9. The molecule has 0 aliphatic rings. The summed E-state index contributed by atoms with van der Waals surface area (Å²) in [6, 6.07) is 11.1. The SMILES string of the molecule is CCOC(=O)c1c(C)[nH]c(C(=O)C(C)OC(=O)c2ccc(NS(=O)(=O)c3cc(C(C)(C)C)ccc3C)cc2)c1C. The number of nitrogens with one attached hydrogen (secondary N) is 2. The number of anilines is 1. The van der Waals surface area contributed by atoms with Gasteiger partial charge in [-0.25, -0.2) is 18.0 Å². The van der Waals surface area contributed by atoms with Gasteiger partial charge in [-0.15, -0.1) is 0 Å². The maximum atomic E-state index is 13.1. The van der Waals surface area contributed by atoms with Crippen molar-refractivity contribution in [3.05, 3.63) is 81.7 Å². The number of carbonyl (C=O) groups excluding carboxylic acids is 3. The Morgan fingerprint density at radius 3 is 2.17 bits per heavy atom. The summed E-state index contributed by atoms with van der Waals surface area (Å²) < 4.78 is 39.3. The summed E-state index contributed by atoms with van der Waals surface area (Å²) in [7, 11) is -3.88. The summed E-state index contributed by atoms with van der Waals surface area (Å²) in [5.41, 5.74) is 3.03. The smallest absolute Gasteiger partial charge is 0.340 e. The van der Waals surface area contributed by atoms with Crippen LogP contribution in [0.4, 0.5) is 5.69 Å². The molecular weight excluding hydrogens is 532 g/mol. The molecule has 0 aliphatic heterocycles. The zero-order valence-corrected chi connectivity index (χ0v) is 24.9. The highest BCUT2D eigenvalue weighted by atomic mass is 32.2. The highest BCUT2D eigenvalue weighted by Crippen LogP contribution is 2.28. The number of H-pyrrole nitrogens is 1. The first kappa shape index (κ1) is 30.6. The van der Waals surface area contributed by atoms with Crippen molar-refractivity contribution in [2.45, 2.75) is 71.8 Å². The van der Waals surface area contributed by atoms with Crippen molar-refractivity contribution in [2.24, 2.45) is 0 Å². The quantitative estimate of drug-likeness (QED) is 0.252. The molecule has 1 aromatic heterocycles. The van der Waals surface area contributed by atoms with Crippen LogP contribution < -0.4 is 4.72 Å². The molecule has 2 N–H and O–H groups in total. The van der Waals surface area contributed by atoms with E-state index in [0.29, 0.717) is 16.8 Å². The molecule has 3 aromatic rings. The molecule has 0 amide bonds. The van der Waals surface area contributed by atoms with Gasteiger partial charge in [-0.2, -0.15) is 0 Å². The summed E-state index contributed by atoms with van der Waals surface area (Å²) in [4.78, 5) is 41.1. The van der Waals surface area contributed by atoms with Gasteiger partial charge in [0.2, 0.25) is 5.78 Å². The fourth-order valence-electron chi connectivity index (χ4n) is 4.23. The van der Waals surface area contributed by atoms with Crippen molar-refractivity contribution >= 4 is 33.4 Å². The molecule has 1 atom stereocenters. The number of hydrogen-bond donors (Lipinski definition) is 2. The van der Waals surface area contributed by atoms with E-state index in [2.05, 4.69) is 9.71 Å². The highest BCUT2D eigenvalue weighted by molar-refractivity contribution is 7.92. The lowest BCUT2D eigenvalue weighted by Crippen LogP contribution is -2.25. The Bertz CT molecular complexity index is 1550. The van der Waals surface area contributed by atoms with Crippen LogP contribution in [0.25, 0.3) is 0 Å². The molecule has 0 spiro atoms. The number of carbonyl (C=O) groups is 3. The largest absolute Gasteiger partial charge is 0.462 e. The minimum Gasteiger partial charge on any atom is -0.462 e. The van der Waals surface area contributed by atoms with Crippen LogP contribution in [0.5, 0.6) is 0 Å². The second kappa shape index (κ2) is 11.7. The average Bonchev–Trinajstić information content (AvgIpc) is 3.16. The molecule has 40 heavy (non-hydrogen) atoms. The van der Waals surface area contributed by atoms with Crippen LogP contribution in [0.15, 0.2) is 47.4 Å². The van der Waals surface area contributed by atoms with Crippen molar-refractivity contribution in [3.63, 3.8) is 0 Å². The van der Waals surface area contributed by atoms with Gasteiger partial charge in [-0.3, -0.25) is 9.52 Å². The predicted molar refractivity (Wildman–Crippen MR) is 153 cm³/mol. The molecule has 0 saturated carbocycles. The molecule has 0 aliphatic carbocycles. The molecule has 0 saturated heterocycles. The number of aromatic amines is 1. The van der Waals surface area contributed by atoms with Gasteiger partial charge in [0.1, 0.15) is 0 Å². The summed E-state index contributed by atoms with van der Waals surface area (Å²) in [5.74, 6) is -1.79. The van der Waals surface area contributed by atoms with E-state index in [1.165, 1.54) is 31.2 Å².